The van der Waals surface area contributed by atoms with Gasteiger partial charge in [0.1, 0.15) is 0 Å². The van der Waals surface area contributed by atoms with Crippen LogP contribution < -0.4 is 0 Å². The summed E-state index contributed by atoms with van der Waals surface area (Å²) >= 11 is 6.05. The zero-order valence-electron chi connectivity index (χ0n) is 15.6. The fourth-order valence-corrected chi connectivity index (χ4v) is 4.47. The molecule has 2 atom stereocenters. The zero-order chi connectivity index (χ0) is 18.5. The minimum atomic E-state index is 0.0679. The average Bonchev–Trinajstić information content (AvgIpc) is 2.66. The van der Waals surface area contributed by atoms with Crippen molar-refractivity contribution in [1.29, 1.82) is 0 Å². The molecule has 1 aromatic carbocycles. The molecule has 1 amide bonds. The molecule has 1 aromatic rings. The summed E-state index contributed by atoms with van der Waals surface area (Å²) in [6, 6.07) is 7.72. The highest BCUT2D eigenvalue weighted by molar-refractivity contribution is 6.30. The van der Waals surface area contributed by atoms with E-state index in [9.17, 15) is 9.90 Å². The van der Waals surface area contributed by atoms with Gasteiger partial charge in [-0.2, -0.15) is 0 Å². The summed E-state index contributed by atoms with van der Waals surface area (Å²) < 4.78 is 0. The van der Waals surface area contributed by atoms with Crippen molar-refractivity contribution in [3.63, 3.8) is 0 Å². The predicted molar refractivity (Wildman–Crippen MR) is 105 cm³/mol. The Bertz CT molecular complexity index is 604. The molecule has 2 heterocycles. The number of aliphatic hydroxyl groups is 1. The molecule has 2 saturated heterocycles. The molecule has 2 aliphatic rings. The quantitative estimate of drug-likeness (QED) is 0.851. The molecule has 2 aliphatic heterocycles. The van der Waals surface area contributed by atoms with Crippen molar-refractivity contribution in [1.82, 2.24) is 14.7 Å². The summed E-state index contributed by atoms with van der Waals surface area (Å²) in [5, 5.41) is 9.89. The first-order chi connectivity index (χ1) is 12.6. The van der Waals surface area contributed by atoms with Crippen LogP contribution in [0.3, 0.4) is 0 Å². The van der Waals surface area contributed by atoms with Crippen LogP contribution in [-0.4, -0.2) is 84.7 Å². The minimum Gasteiger partial charge on any atom is -0.396 e. The summed E-state index contributed by atoms with van der Waals surface area (Å²) in [5.41, 5.74) is 0.663. The van der Waals surface area contributed by atoms with Crippen LogP contribution in [-0.2, 0) is 0 Å². The number of amides is 1. The number of benzene rings is 1. The Morgan fingerprint density at radius 2 is 2.00 bits per heavy atom. The lowest BCUT2D eigenvalue weighted by molar-refractivity contribution is 0.0218. The second-order valence-corrected chi connectivity index (χ2v) is 8.02. The normalized spacial score (nSPS) is 25.4. The molecule has 144 valence electrons. The molecule has 3 rings (SSSR count). The number of hydrogen-bond donors (Lipinski definition) is 1. The van der Waals surface area contributed by atoms with Gasteiger partial charge >= 0.3 is 0 Å². The molecule has 6 heteroatoms. The highest BCUT2D eigenvalue weighted by Crippen LogP contribution is 2.28. The van der Waals surface area contributed by atoms with Crippen LogP contribution in [0.4, 0.5) is 0 Å². The SMILES string of the molecule is CN1CCN([C@@H]2CCN(C(=O)c3cccc(Cl)c3)C[C@@H]2CCCO)CC1. The molecule has 2 fully saturated rings. The van der Waals surface area contributed by atoms with Gasteiger partial charge in [-0.25, -0.2) is 0 Å². The van der Waals surface area contributed by atoms with Gasteiger partial charge in [-0.05, 0) is 50.4 Å². The molecular weight excluding hydrogens is 350 g/mol. The summed E-state index contributed by atoms with van der Waals surface area (Å²) in [6.07, 6.45) is 2.77. The number of piperazine rings is 1. The summed E-state index contributed by atoms with van der Waals surface area (Å²) in [7, 11) is 2.17. The lowest BCUT2D eigenvalue weighted by atomic mass is 9.86. The second kappa shape index (κ2) is 9.18. The maximum Gasteiger partial charge on any atom is 0.253 e. The molecule has 0 saturated carbocycles. The van der Waals surface area contributed by atoms with Crippen molar-refractivity contribution >= 4 is 17.5 Å². The van der Waals surface area contributed by atoms with Crippen molar-refractivity contribution in [3.05, 3.63) is 34.9 Å². The van der Waals surface area contributed by atoms with Crippen molar-refractivity contribution < 1.29 is 9.90 Å². The fraction of sp³-hybridized carbons (Fsp3) is 0.650. The van der Waals surface area contributed by atoms with Crippen LogP contribution in [0.2, 0.25) is 5.02 Å². The number of carbonyl (C=O) groups is 1. The molecule has 0 unspecified atom stereocenters. The van der Waals surface area contributed by atoms with Crippen molar-refractivity contribution in [3.8, 4) is 0 Å². The Labute approximate surface area is 161 Å². The molecule has 5 nitrogen and oxygen atoms in total. The van der Waals surface area contributed by atoms with E-state index < -0.39 is 0 Å². The van der Waals surface area contributed by atoms with Gasteiger partial charge < -0.3 is 14.9 Å². The molecule has 0 aliphatic carbocycles. The number of carbonyl (C=O) groups excluding carboxylic acids is 1. The third-order valence-electron chi connectivity index (χ3n) is 5.79. The Balaban J connectivity index is 1.68. The highest BCUT2D eigenvalue weighted by atomic mass is 35.5. The average molecular weight is 380 g/mol. The van der Waals surface area contributed by atoms with Crippen LogP contribution in [0.5, 0.6) is 0 Å². The Kier molecular flexibility index (Phi) is 6.92. The minimum absolute atomic E-state index is 0.0679. The van der Waals surface area contributed by atoms with E-state index in [1.54, 1.807) is 12.1 Å². The van der Waals surface area contributed by atoms with Crippen LogP contribution in [0.25, 0.3) is 0 Å². The Hall–Kier alpha value is -1.14. The van der Waals surface area contributed by atoms with E-state index in [2.05, 4.69) is 16.8 Å². The van der Waals surface area contributed by atoms with Crippen LogP contribution in [0.1, 0.15) is 29.6 Å². The lowest BCUT2D eigenvalue weighted by Crippen LogP contribution is -2.56. The highest BCUT2D eigenvalue weighted by Gasteiger charge is 2.35. The number of hydrogen-bond acceptors (Lipinski definition) is 4. The first-order valence-corrected chi connectivity index (χ1v) is 10.0. The third-order valence-corrected chi connectivity index (χ3v) is 6.03. The van der Waals surface area contributed by atoms with E-state index in [4.69, 9.17) is 11.6 Å². The molecule has 1 N–H and O–H groups in total. The van der Waals surface area contributed by atoms with Gasteiger partial charge in [-0.1, -0.05) is 17.7 Å². The molecule has 0 aromatic heterocycles. The molecule has 26 heavy (non-hydrogen) atoms. The zero-order valence-corrected chi connectivity index (χ0v) is 16.4. The summed E-state index contributed by atoms with van der Waals surface area (Å²) in [4.78, 5) is 19.8. The van der Waals surface area contributed by atoms with Crippen LogP contribution in [0, 0.1) is 5.92 Å². The fourth-order valence-electron chi connectivity index (χ4n) is 4.28. The smallest absolute Gasteiger partial charge is 0.253 e. The third kappa shape index (κ3) is 4.77. The number of rotatable bonds is 5. The number of halogens is 1. The van der Waals surface area contributed by atoms with E-state index in [-0.39, 0.29) is 12.5 Å². The van der Waals surface area contributed by atoms with Gasteiger partial charge in [-0.15, -0.1) is 0 Å². The van der Waals surface area contributed by atoms with Crippen molar-refractivity contribution in [2.45, 2.75) is 25.3 Å². The number of piperidine rings is 1. The van der Waals surface area contributed by atoms with E-state index in [0.717, 1.165) is 58.5 Å². The van der Waals surface area contributed by atoms with Gasteiger partial charge in [-0.3, -0.25) is 9.69 Å². The van der Waals surface area contributed by atoms with E-state index in [0.29, 0.717) is 22.5 Å². The van der Waals surface area contributed by atoms with Gasteiger partial charge in [0.15, 0.2) is 0 Å². The summed E-state index contributed by atoms with van der Waals surface area (Å²) in [5.74, 6) is 0.487. The number of likely N-dealkylation sites (tertiary alicyclic amines) is 1. The number of likely N-dealkylation sites (N-methyl/N-ethyl adjacent to an activating group) is 1. The molecule has 0 radical (unpaired) electrons. The van der Waals surface area contributed by atoms with Crippen LogP contribution >= 0.6 is 11.6 Å². The topological polar surface area (TPSA) is 47.0 Å². The van der Waals surface area contributed by atoms with Gasteiger partial charge in [0.25, 0.3) is 5.91 Å². The number of aliphatic hydroxyl groups excluding tert-OH is 1. The molecule has 0 bridgehead atoms. The van der Waals surface area contributed by atoms with Crippen LogP contribution in [0.15, 0.2) is 24.3 Å². The number of nitrogens with zero attached hydrogens (tertiary/aromatic N) is 3. The Morgan fingerprint density at radius 1 is 1.23 bits per heavy atom. The second-order valence-electron chi connectivity index (χ2n) is 7.58. The van der Waals surface area contributed by atoms with Gasteiger partial charge in [0.2, 0.25) is 0 Å². The Morgan fingerprint density at radius 3 is 2.69 bits per heavy atom. The van der Waals surface area contributed by atoms with E-state index in [1.165, 1.54) is 0 Å². The van der Waals surface area contributed by atoms with Crippen molar-refractivity contribution in [2.24, 2.45) is 5.92 Å². The maximum absolute atomic E-state index is 12.9. The standard InChI is InChI=1S/C20H30ClN3O2/c1-22-9-11-23(12-10-22)19-7-8-24(15-17(19)5-3-13-25)20(26)16-4-2-6-18(21)14-16/h2,4,6,14,17,19,25H,3,5,7-13,15H2,1H3/t17-,19+/m0/s1. The maximum atomic E-state index is 12.9. The van der Waals surface area contributed by atoms with Crippen molar-refractivity contribution in [2.75, 3.05) is 52.9 Å². The first kappa shape index (κ1) is 19.6. The predicted octanol–water partition coefficient (Wildman–Crippen LogP) is 2.19. The van der Waals surface area contributed by atoms with E-state index in [1.807, 2.05) is 17.0 Å². The summed E-state index contributed by atoms with van der Waals surface area (Å²) in [6.45, 7) is 6.18. The first-order valence-electron chi connectivity index (χ1n) is 9.67. The largest absolute Gasteiger partial charge is 0.396 e. The van der Waals surface area contributed by atoms with Gasteiger partial charge in [0, 0.05) is 62.5 Å². The van der Waals surface area contributed by atoms with E-state index >= 15 is 0 Å². The monoisotopic (exact) mass is 379 g/mol. The lowest BCUT2D eigenvalue weighted by Gasteiger charge is -2.46. The van der Waals surface area contributed by atoms with Gasteiger partial charge in [0.05, 0.1) is 0 Å². The molecule has 0 spiro atoms. The molecular formula is C20H30ClN3O2.